The van der Waals surface area contributed by atoms with E-state index in [0.717, 1.165) is 5.75 Å². The van der Waals surface area contributed by atoms with Crippen LogP contribution in [-0.4, -0.2) is 13.2 Å². The van der Waals surface area contributed by atoms with Crippen molar-refractivity contribution in [1.82, 2.24) is 5.32 Å². The summed E-state index contributed by atoms with van der Waals surface area (Å²) in [5, 5.41) is 3.68. The first-order valence-corrected chi connectivity index (χ1v) is 8.08. The van der Waals surface area contributed by atoms with Gasteiger partial charge in [0, 0.05) is 17.6 Å². The van der Waals surface area contributed by atoms with E-state index in [2.05, 4.69) is 38.2 Å². The van der Waals surface area contributed by atoms with Gasteiger partial charge in [0.1, 0.15) is 5.75 Å². The lowest BCUT2D eigenvalue weighted by Crippen LogP contribution is -2.29. The molecule has 1 aromatic rings. The summed E-state index contributed by atoms with van der Waals surface area (Å²) < 4.78 is 5.43. The topological polar surface area (TPSA) is 21.3 Å². The molecule has 2 nitrogen and oxygen atoms in total. The minimum Gasteiger partial charge on any atom is -0.496 e. The van der Waals surface area contributed by atoms with Gasteiger partial charge in [0.05, 0.1) is 7.11 Å². The Hall–Kier alpha value is -1.02. The third-order valence-corrected chi connectivity index (χ3v) is 3.88. The molecule has 0 radical (unpaired) electrons. The van der Waals surface area contributed by atoms with Crippen LogP contribution in [0.2, 0.25) is 0 Å². The van der Waals surface area contributed by atoms with E-state index in [1.807, 2.05) is 12.1 Å². The molecule has 0 amide bonds. The summed E-state index contributed by atoms with van der Waals surface area (Å²) in [7, 11) is 1.74. The van der Waals surface area contributed by atoms with Crippen LogP contribution in [-0.2, 0) is 0 Å². The monoisotopic (exact) mass is 277 g/mol. The summed E-state index contributed by atoms with van der Waals surface area (Å²) in [5.41, 5.74) is 1.24. The molecule has 0 spiro atoms. The number of hydrogen-bond donors (Lipinski definition) is 1. The lowest BCUT2D eigenvalue weighted by Gasteiger charge is -2.22. The van der Waals surface area contributed by atoms with E-state index in [9.17, 15) is 0 Å². The Morgan fingerprint density at radius 3 is 2.45 bits per heavy atom. The maximum atomic E-state index is 5.43. The number of rotatable bonds is 10. The highest BCUT2D eigenvalue weighted by molar-refractivity contribution is 5.35. The smallest absolute Gasteiger partial charge is 0.123 e. The van der Waals surface area contributed by atoms with E-state index in [0.29, 0.717) is 12.1 Å². The molecule has 1 N–H and O–H groups in total. The molecule has 0 bridgehead atoms. The van der Waals surface area contributed by atoms with Gasteiger partial charge in [-0.05, 0) is 26.3 Å². The first-order chi connectivity index (χ1) is 9.69. The van der Waals surface area contributed by atoms with Crippen LogP contribution in [0.4, 0.5) is 0 Å². The fourth-order valence-electron chi connectivity index (χ4n) is 2.68. The van der Waals surface area contributed by atoms with Gasteiger partial charge in [-0.3, -0.25) is 0 Å². The van der Waals surface area contributed by atoms with Gasteiger partial charge in [-0.15, -0.1) is 0 Å². The van der Waals surface area contributed by atoms with Crippen LogP contribution in [0.15, 0.2) is 24.3 Å². The van der Waals surface area contributed by atoms with Gasteiger partial charge < -0.3 is 10.1 Å². The Balaban J connectivity index is 2.35. The van der Waals surface area contributed by atoms with E-state index >= 15 is 0 Å². The quantitative estimate of drug-likeness (QED) is 0.601. The zero-order chi connectivity index (χ0) is 14.8. The number of hydrogen-bond acceptors (Lipinski definition) is 2. The largest absolute Gasteiger partial charge is 0.496 e. The van der Waals surface area contributed by atoms with Gasteiger partial charge in [-0.1, -0.05) is 57.2 Å². The molecule has 0 aromatic heterocycles. The Labute approximate surface area is 124 Å². The highest BCUT2D eigenvalue weighted by Gasteiger charge is 2.12. The Kier molecular flexibility index (Phi) is 8.36. The second-order valence-electron chi connectivity index (χ2n) is 5.73. The summed E-state index contributed by atoms with van der Waals surface area (Å²) in [6.45, 7) is 6.76. The highest BCUT2D eigenvalue weighted by atomic mass is 16.5. The average molecular weight is 277 g/mol. The maximum absolute atomic E-state index is 5.43. The van der Waals surface area contributed by atoms with Crippen LogP contribution < -0.4 is 10.1 Å². The lowest BCUT2D eigenvalue weighted by molar-refractivity contribution is 0.389. The van der Waals surface area contributed by atoms with Crippen molar-refractivity contribution in [2.24, 2.45) is 0 Å². The van der Waals surface area contributed by atoms with Crippen molar-refractivity contribution in [3.05, 3.63) is 29.8 Å². The molecular weight excluding hydrogens is 246 g/mol. The van der Waals surface area contributed by atoms with Crippen LogP contribution >= 0.6 is 0 Å². The minimum atomic E-state index is 0.330. The first kappa shape index (κ1) is 17.0. The van der Waals surface area contributed by atoms with Crippen LogP contribution in [0.5, 0.6) is 5.75 Å². The Morgan fingerprint density at radius 1 is 1.05 bits per heavy atom. The minimum absolute atomic E-state index is 0.330. The van der Waals surface area contributed by atoms with Gasteiger partial charge in [-0.2, -0.15) is 0 Å². The number of para-hydroxylation sites is 1. The number of methoxy groups -OCH3 is 1. The van der Waals surface area contributed by atoms with Crippen molar-refractivity contribution < 1.29 is 4.74 Å². The van der Waals surface area contributed by atoms with Crippen molar-refractivity contribution in [3.63, 3.8) is 0 Å². The molecule has 0 heterocycles. The lowest BCUT2D eigenvalue weighted by atomic mass is 10.0. The average Bonchev–Trinajstić information content (AvgIpc) is 2.46. The molecule has 1 aromatic carbocycles. The predicted molar refractivity (Wildman–Crippen MR) is 87.4 cm³/mol. The predicted octanol–water partition coefficient (Wildman–Crippen LogP) is 5.09. The SMILES string of the molecule is CCCCCCCC(C)NC(C)c1ccccc1OC. The van der Waals surface area contributed by atoms with E-state index in [-0.39, 0.29) is 0 Å². The van der Waals surface area contributed by atoms with Crippen LogP contribution in [0.25, 0.3) is 0 Å². The highest BCUT2D eigenvalue weighted by Crippen LogP contribution is 2.25. The van der Waals surface area contributed by atoms with Gasteiger partial charge in [0.2, 0.25) is 0 Å². The molecule has 2 unspecified atom stereocenters. The van der Waals surface area contributed by atoms with Crippen molar-refractivity contribution in [2.75, 3.05) is 7.11 Å². The first-order valence-electron chi connectivity index (χ1n) is 8.08. The fraction of sp³-hybridized carbons (Fsp3) is 0.667. The van der Waals surface area contributed by atoms with Gasteiger partial charge in [0.15, 0.2) is 0 Å². The van der Waals surface area contributed by atoms with E-state index in [4.69, 9.17) is 4.74 Å². The van der Waals surface area contributed by atoms with Gasteiger partial charge in [0.25, 0.3) is 0 Å². The van der Waals surface area contributed by atoms with Crippen molar-refractivity contribution >= 4 is 0 Å². The summed E-state index contributed by atoms with van der Waals surface area (Å²) in [6, 6.07) is 9.15. The third kappa shape index (κ3) is 5.96. The van der Waals surface area contributed by atoms with Crippen molar-refractivity contribution in [3.8, 4) is 5.75 Å². The number of benzene rings is 1. The van der Waals surface area contributed by atoms with Crippen molar-refractivity contribution in [2.45, 2.75) is 71.4 Å². The number of ether oxygens (including phenoxy) is 1. The molecule has 1 rings (SSSR count). The Bertz CT molecular complexity index is 364. The number of unbranched alkanes of at least 4 members (excludes halogenated alkanes) is 4. The fourth-order valence-corrected chi connectivity index (χ4v) is 2.68. The molecule has 0 saturated heterocycles. The normalized spacial score (nSPS) is 14.0. The zero-order valence-electron chi connectivity index (χ0n) is 13.6. The zero-order valence-corrected chi connectivity index (χ0v) is 13.6. The van der Waals surface area contributed by atoms with E-state index < -0.39 is 0 Å². The van der Waals surface area contributed by atoms with E-state index in [1.54, 1.807) is 7.11 Å². The molecule has 20 heavy (non-hydrogen) atoms. The Morgan fingerprint density at radius 2 is 1.75 bits per heavy atom. The summed E-state index contributed by atoms with van der Waals surface area (Å²) in [4.78, 5) is 0. The van der Waals surface area contributed by atoms with Crippen LogP contribution in [0.3, 0.4) is 0 Å². The third-order valence-electron chi connectivity index (χ3n) is 3.88. The van der Waals surface area contributed by atoms with Crippen molar-refractivity contribution in [1.29, 1.82) is 0 Å². The summed E-state index contributed by atoms with van der Waals surface area (Å²) >= 11 is 0. The van der Waals surface area contributed by atoms with Crippen LogP contribution in [0, 0.1) is 0 Å². The molecule has 0 aliphatic carbocycles. The molecular formula is C18H31NO. The second kappa shape index (κ2) is 9.82. The van der Waals surface area contributed by atoms with Crippen LogP contribution in [0.1, 0.15) is 70.9 Å². The molecule has 2 atom stereocenters. The summed E-state index contributed by atoms with van der Waals surface area (Å²) in [5.74, 6) is 0.975. The van der Waals surface area contributed by atoms with E-state index in [1.165, 1.54) is 44.1 Å². The number of nitrogens with one attached hydrogen (secondary N) is 1. The van der Waals surface area contributed by atoms with Gasteiger partial charge in [-0.25, -0.2) is 0 Å². The molecule has 0 aliphatic rings. The molecule has 114 valence electrons. The maximum Gasteiger partial charge on any atom is 0.123 e. The van der Waals surface area contributed by atoms with Gasteiger partial charge >= 0.3 is 0 Å². The molecule has 0 fully saturated rings. The molecule has 2 heteroatoms. The molecule has 0 saturated carbocycles. The standard InChI is InChI=1S/C18H31NO/c1-5-6-7-8-9-12-15(2)19-16(3)17-13-10-11-14-18(17)20-4/h10-11,13-16,19H,5-9,12H2,1-4H3. The second-order valence-corrected chi connectivity index (χ2v) is 5.73. The molecule has 0 aliphatic heterocycles. The summed E-state index contributed by atoms with van der Waals surface area (Å²) in [6.07, 6.45) is 8.02.